The van der Waals surface area contributed by atoms with Gasteiger partial charge in [0.15, 0.2) is 0 Å². The molecule has 0 saturated heterocycles. The minimum atomic E-state index is 0.808. The van der Waals surface area contributed by atoms with E-state index in [0.717, 1.165) is 11.4 Å². The molecule has 0 fully saturated rings. The van der Waals surface area contributed by atoms with E-state index in [1.165, 1.54) is 5.46 Å². The lowest BCUT2D eigenvalue weighted by molar-refractivity contribution is 1.52. The minimum absolute atomic E-state index is 0.808. The van der Waals surface area contributed by atoms with Crippen molar-refractivity contribution < 1.29 is 0 Å². The standard InChI is InChI=1S/C7H11BN2/c1-10-7-3-2-5(8)4-6(7)9/h2-4,10H,8-9H2,1H3. The Labute approximate surface area is 61.8 Å². The van der Waals surface area contributed by atoms with Crippen LogP contribution in [0.25, 0.3) is 0 Å². The van der Waals surface area contributed by atoms with Gasteiger partial charge >= 0.3 is 0 Å². The first-order valence-corrected chi connectivity index (χ1v) is 3.28. The van der Waals surface area contributed by atoms with Gasteiger partial charge in [-0.3, -0.25) is 0 Å². The molecule has 1 aromatic rings. The molecule has 0 aliphatic heterocycles. The van der Waals surface area contributed by atoms with Gasteiger partial charge in [0.2, 0.25) is 0 Å². The summed E-state index contributed by atoms with van der Waals surface area (Å²) in [6.07, 6.45) is 0. The van der Waals surface area contributed by atoms with Gasteiger partial charge in [-0.1, -0.05) is 11.5 Å². The number of benzene rings is 1. The molecular formula is C7H11BN2. The van der Waals surface area contributed by atoms with Gasteiger partial charge in [0, 0.05) is 7.05 Å². The third-order valence-electron chi connectivity index (χ3n) is 1.48. The second-order valence-electron chi connectivity index (χ2n) is 2.34. The van der Waals surface area contributed by atoms with E-state index < -0.39 is 0 Å². The van der Waals surface area contributed by atoms with Crippen molar-refractivity contribution in [1.29, 1.82) is 0 Å². The Morgan fingerprint density at radius 1 is 1.50 bits per heavy atom. The van der Waals surface area contributed by atoms with Crippen molar-refractivity contribution in [3.05, 3.63) is 18.2 Å². The predicted octanol–water partition coefficient (Wildman–Crippen LogP) is -0.431. The zero-order valence-corrected chi connectivity index (χ0v) is 6.31. The molecule has 52 valence electrons. The van der Waals surface area contributed by atoms with Crippen molar-refractivity contribution in [2.75, 3.05) is 18.1 Å². The Morgan fingerprint density at radius 3 is 2.70 bits per heavy atom. The number of nitrogens with two attached hydrogens (primary N) is 1. The third-order valence-corrected chi connectivity index (χ3v) is 1.48. The van der Waals surface area contributed by atoms with Crippen molar-refractivity contribution in [1.82, 2.24) is 0 Å². The van der Waals surface area contributed by atoms with E-state index in [0.29, 0.717) is 0 Å². The highest BCUT2D eigenvalue weighted by atomic mass is 14.8. The Kier molecular flexibility index (Phi) is 1.85. The highest BCUT2D eigenvalue weighted by Crippen LogP contribution is 2.13. The normalized spacial score (nSPS) is 9.30. The van der Waals surface area contributed by atoms with E-state index in [1.54, 1.807) is 0 Å². The highest BCUT2D eigenvalue weighted by molar-refractivity contribution is 6.32. The number of nitrogens with one attached hydrogen (secondary N) is 1. The molecule has 3 N–H and O–H groups in total. The number of rotatable bonds is 1. The van der Waals surface area contributed by atoms with Crippen molar-refractivity contribution >= 4 is 24.7 Å². The van der Waals surface area contributed by atoms with E-state index in [1.807, 2.05) is 33.1 Å². The Bertz CT molecular complexity index is 235. The summed E-state index contributed by atoms with van der Waals surface area (Å²) in [4.78, 5) is 0. The first-order valence-electron chi connectivity index (χ1n) is 3.28. The molecule has 1 aromatic carbocycles. The van der Waals surface area contributed by atoms with Crippen LogP contribution in [0.2, 0.25) is 0 Å². The largest absolute Gasteiger partial charge is 0.397 e. The summed E-state index contributed by atoms with van der Waals surface area (Å²) in [6.45, 7) is 0. The van der Waals surface area contributed by atoms with Gasteiger partial charge in [-0.2, -0.15) is 0 Å². The van der Waals surface area contributed by atoms with E-state index in [4.69, 9.17) is 5.73 Å². The van der Waals surface area contributed by atoms with Gasteiger partial charge in [-0.15, -0.1) is 0 Å². The second-order valence-corrected chi connectivity index (χ2v) is 2.34. The molecule has 0 aliphatic rings. The van der Waals surface area contributed by atoms with Crippen LogP contribution in [-0.4, -0.2) is 14.9 Å². The highest BCUT2D eigenvalue weighted by Gasteiger charge is 1.93. The van der Waals surface area contributed by atoms with Crippen LogP contribution in [0.3, 0.4) is 0 Å². The molecule has 0 atom stereocenters. The molecule has 3 heteroatoms. The topological polar surface area (TPSA) is 38.0 Å². The number of nitrogen functional groups attached to an aromatic ring is 1. The first kappa shape index (κ1) is 7.00. The second kappa shape index (κ2) is 2.65. The van der Waals surface area contributed by atoms with Crippen molar-refractivity contribution in [2.24, 2.45) is 0 Å². The molecule has 0 radical (unpaired) electrons. The molecule has 10 heavy (non-hydrogen) atoms. The van der Waals surface area contributed by atoms with Crippen LogP contribution < -0.4 is 16.5 Å². The fraction of sp³-hybridized carbons (Fsp3) is 0.143. The molecule has 0 bridgehead atoms. The van der Waals surface area contributed by atoms with Crippen LogP contribution in [0.1, 0.15) is 0 Å². The van der Waals surface area contributed by atoms with Crippen LogP contribution in [0, 0.1) is 0 Å². The molecule has 2 nitrogen and oxygen atoms in total. The molecular weight excluding hydrogens is 123 g/mol. The molecule has 0 amide bonds. The maximum Gasteiger partial charge on any atom is 0.139 e. The van der Waals surface area contributed by atoms with Crippen LogP contribution in [-0.2, 0) is 0 Å². The summed E-state index contributed by atoms with van der Waals surface area (Å²) in [5.74, 6) is 0. The third kappa shape index (κ3) is 1.24. The summed E-state index contributed by atoms with van der Waals surface area (Å²) < 4.78 is 0. The van der Waals surface area contributed by atoms with Crippen LogP contribution in [0.4, 0.5) is 11.4 Å². The van der Waals surface area contributed by atoms with Crippen molar-refractivity contribution in [3.63, 3.8) is 0 Å². The fourth-order valence-corrected chi connectivity index (χ4v) is 0.910. The lowest BCUT2D eigenvalue weighted by atomic mass is 9.95. The Morgan fingerprint density at radius 2 is 2.20 bits per heavy atom. The maximum absolute atomic E-state index is 5.67. The zero-order valence-electron chi connectivity index (χ0n) is 6.31. The summed E-state index contributed by atoms with van der Waals surface area (Å²) in [5.41, 5.74) is 8.66. The minimum Gasteiger partial charge on any atom is -0.397 e. The van der Waals surface area contributed by atoms with Crippen LogP contribution >= 0.6 is 0 Å². The maximum atomic E-state index is 5.67. The van der Waals surface area contributed by atoms with Crippen molar-refractivity contribution in [2.45, 2.75) is 0 Å². The quantitative estimate of drug-likeness (QED) is 0.404. The molecule has 0 unspecified atom stereocenters. The summed E-state index contributed by atoms with van der Waals surface area (Å²) >= 11 is 0. The van der Waals surface area contributed by atoms with E-state index in [-0.39, 0.29) is 0 Å². The monoisotopic (exact) mass is 134 g/mol. The summed E-state index contributed by atoms with van der Waals surface area (Å²) in [6, 6.07) is 5.96. The number of anilines is 2. The van der Waals surface area contributed by atoms with E-state index >= 15 is 0 Å². The summed E-state index contributed by atoms with van der Waals surface area (Å²) in [7, 11) is 3.89. The molecule has 0 aromatic heterocycles. The van der Waals surface area contributed by atoms with Crippen LogP contribution in [0.15, 0.2) is 18.2 Å². The predicted molar refractivity (Wildman–Crippen MR) is 48.6 cm³/mol. The number of hydrogen-bond donors (Lipinski definition) is 2. The molecule has 0 heterocycles. The van der Waals surface area contributed by atoms with Gasteiger partial charge in [-0.25, -0.2) is 0 Å². The smallest absolute Gasteiger partial charge is 0.139 e. The average molecular weight is 134 g/mol. The van der Waals surface area contributed by atoms with Gasteiger partial charge in [0.1, 0.15) is 7.85 Å². The fourth-order valence-electron chi connectivity index (χ4n) is 0.910. The summed E-state index contributed by atoms with van der Waals surface area (Å²) in [5, 5.41) is 3.00. The van der Waals surface area contributed by atoms with Gasteiger partial charge in [-0.05, 0) is 12.1 Å². The first-order chi connectivity index (χ1) is 4.74. The molecule has 0 spiro atoms. The lowest BCUT2D eigenvalue weighted by Crippen LogP contribution is -2.05. The van der Waals surface area contributed by atoms with Gasteiger partial charge < -0.3 is 11.1 Å². The molecule has 1 rings (SSSR count). The van der Waals surface area contributed by atoms with Gasteiger partial charge in [0.25, 0.3) is 0 Å². The van der Waals surface area contributed by atoms with E-state index in [2.05, 4.69) is 5.32 Å². The number of hydrogen-bond acceptors (Lipinski definition) is 2. The SMILES string of the molecule is Bc1ccc(NC)c(N)c1. The van der Waals surface area contributed by atoms with Crippen LogP contribution in [0.5, 0.6) is 0 Å². The molecule has 0 saturated carbocycles. The Hall–Kier alpha value is -1.12. The molecule has 0 aliphatic carbocycles. The lowest BCUT2D eigenvalue weighted by Gasteiger charge is -2.04. The van der Waals surface area contributed by atoms with Crippen molar-refractivity contribution in [3.8, 4) is 0 Å². The van der Waals surface area contributed by atoms with E-state index in [9.17, 15) is 0 Å². The zero-order chi connectivity index (χ0) is 7.56. The Balaban J connectivity index is 3.07. The average Bonchev–Trinajstić information content (AvgIpc) is 1.88. The van der Waals surface area contributed by atoms with Gasteiger partial charge in [0.05, 0.1) is 11.4 Å².